The number of aromatic hydroxyl groups is 1. The zero-order chi connectivity index (χ0) is 12.3. The van der Waals surface area contributed by atoms with Gasteiger partial charge in [0.1, 0.15) is 11.6 Å². The van der Waals surface area contributed by atoms with E-state index in [9.17, 15) is 19.1 Å². The van der Waals surface area contributed by atoms with E-state index in [-0.39, 0.29) is 17.9 Å². The van der Waals surface area contributed by atoms with Gasteiger partial charge in [-0.1, -0.05) is 0 Å². The summed E-state index contributed by atoms with van der Waals surface area (Å²) >= 11 is 0. The number of ketones is 1. The molecule has 5 heteroatoms. The van der Waals surface area contributed by atoms with Gasteiger partial charge in [-0.15, -0.1) is 0 Å². The van der Waals surface area contributed by atoms with Crippen LogP contribution in [0.3, 0.4) is 0 Å². The van der Waals surface area contributed by atoms with Crippen LogP contribution in [0.2, 0.25) is 0 Å². The lowest BCUT2D eigenvalue weighted by atomic mass is 10.1. The first-order valence-electron chi connectivity index (χ1n) is 4.68. The molecule has 0 bridgehead atoms. The Morgan fingerprint density at radius 2 is 2.06 bits per heavy atom. The van der Waals surface area contributed by atoms with Crippen LogP contribution in [0, 0.1) is 12.7 Å². The van der Waals surface area contributed by atoms with Crippen LogP contribution < -0.4 is 0 Å². The Morgan fingerprint density at radius 3 is 2.62 bits per heavy atom. The third-order valence-electron chi connectivity index (χ3n) is 1.94. The fraction of sp³-hybridized carbons (Fsp3) is 0.273. The molecule has 16 heavy (non-hydrogen) atoms. The summed E-state index contributed by atoms with van der Waals surface area (Å²) in [6.07, 6.45) is 0. The summed E-state index contributed by atoms with van der Waals surface area (Å²) in [6, 6.07) is 2.07. The van der Waals surface area contributed by atoms with Crippen LogP contribution in [0.5, 0.6) is 5.75 Å². The molecule has 0 radical (unpaired) electrons. The van der Waals surface area contributed by atoms with Crippen LogP contribution in [0.25, 0.3) is 0 Å². The Hall–Kier alpha value is -1.91. The molecule has 4 nitrogen and oxygen atoms in total. The van der Waals surface area contributed by atoms with Crippen LogP contribution in [0.4, 0.5) is 4.39 Å². The number of aryl methyl sites for hydroxylation is 1. The second-order valence-electron chi connectivity index (χ2n) is 3.17. The predicted molar refractivity (Wildman–Crippen MR) is 53.8 cm³/mol. The number of hydrogen-bond donors (Lipinski definition) is 1. The van der Waals surface area contributed by atoms with Crippen molar-refractivity contribution in [3.63, 3.8) is 0 Å². The summed E-state index contributed by atoms with van der Waals surface area (Å²) in [5.41, 5.74) is -0.386. The van der Waals surface area contributed by atoms with Gasteiger partial charge in [0.15, 0.2) is 0 Å². The highest BCUT2D eigenvalue weighted by Crippen LogP contribution is 2.20. The van der Waals surface area contributed by atoms with Crippen molar-refractivity contribution in [2.75, 3.05) is 6.61 Å². The van der Waals surface area contributed by atoms with Crippen molar-refractivity contribution in [1.82, 2.24) is 0 Å². The Morgan fingerprint density at radius 1 is 1.44 bits per heavy atom. The Balaban J connectivity index is 3.13. The van der Waals surface area contributed by atoms with Crippen molar-refractivity contribution >= 4 is 11.8 Å². The van der Waals surface area contributed by atoms with Gasteiger partial charge in [0.05, 0.1) is 12.2 Å². The Labute approximate surface area is 91.7 Å². The number of ether oxygens (including phenoxy) is 1. The van der Waals surface area contributed by atoms with E-state index >= 15 is 0 Å². The van der Waals surface area contributed by atoms with Crippen molar-refractivity contribution in [2.24, 2.45) is 0 Å². The molecule has 1 rings (SSSR count). The minimum Gasteiger partial charge on any atom is -0.508 e. The normalized spacial score (nSPS) is 9.94. The molecule has 0 aliphatic rings. The molecule has 0 spiro atoms. The maximum atomic E-state index is 13.5. The first-order valence-corrected chi connectivity index (χ1v) is 4.68. The third kappa shape index (κ3) is 2.36. The average molecular weight is 226 g/mol. The molecule has 0 saturated heterocycles. The maximum Gasteiger partial charge on any atom is 0.379 e. The van der Waals surface area contributed by atoms with Crippen LogP contribution in [0.15, 0.2) is 12.1 Å². The van der Waals surface area contributed by atoms with Gasteiger partial charge in [0.25, 0.3) is 5.78 Å². The Kier molecular flexibility index (Phi) is 3.60. The topological polar surface area (TPSA) is 63.6 Å². The van der Waals surface area contributed by atoms with Gasteiger partial charge < -0.3 is 9.84 Å². The predicted octanol–water partition coefficient (Wildman–Crippen LogP) is 1.59. The molecule has 0 aromatic heterocycles. The molecule has 86 valence electrons. The van der Waals surface area contributed by atoms with E-state index in [1.165, 1.54) is 13.8 Å². The molecular formula is C11H11FO4. The maximum absolute atomic E-state index is 13.5. The van der Waals surface area contributed by atoms with Gasteiger partial charge in [-0.25, -0.2) is 9.18 Å². The number of halogens is 1. The molecule has 0 amide bonds. The fourth-order valence-corrected chi connectivity index (χ4v) is 1.22. The van der Waals surface area contributed by atoms with Gasteiger partial charge in [-0.3, -0.25) is 4.79 Å². The Bertz CT molecular complexity index is 440. The van der Waals surface area contributed by atoms with Gasteiger partial charge >= 0.3 is 5.97 Å². The number of hydrogen-bond acceptors (Lipinski definition) is 4. The van der Waals surface area contributed by atoms with E-state index < -0.39 is 23.1 Å². The summed E-state index contributed by atoms with van der Waals surface area (Å²) in [7, 11) is 0. The highest BCUT2D eigenvalue weighted by atomic mass is 19.1. The van der Waals surface area contributed by atoms with Gasteiger partial charge in [0.2, 0.25) is 0 Å². The molecule has 0 unspecified atom stereocenters. The smallest absolute Gasteiger partial charge is 0.379 e. The number of esters is 1. The summed E-state index contributed by atoms with van der Waals surface area (Å²) in [5.74, 6) is -3.33. The number of phenols is 1. The first-order chi connectivity index (χ1) is 7.47. The fourth-order valence-electron chi connectivity index (χ4n) is 1.22. The average Bonchev–Trinajstić information content (AvgIpc) is 2.22. The van der Waals surface area contributed by atoms with E-state index in [0.717, 1.165) is 12.1 Å². The number of rotatable bonds is 3. The second kappa shape index (κ2) is 4.74. The zero-order valence-corrected chi connectivity index (χ0v) is 8.91. The number of carbonyl (C=O) groups excluding carboxylic acids is 2. The minimum atomic E-state index is -1.13. The standard InChI is InChI=1S/C11H11FO4/c1-3-16-11(15)10(14)8-5-7(13)4-6(2)9(8)12/h4-5,13H,3H2,1-2H3. The van der Waals surface area contributed by atoms with Crippen LogP contribution >= 0.6 is 0 Å². The summed E-state index contributed by atoms with van der Waals surface area (Å²) in [6.45, 7) is 2.95. The number of phenolic OH excluding ortho intramolecular Hbond substituents is 1. The first kappa shape index (κ1) is 12.2. The number of carbonyl (C=O) groups is 2. The van der Waals surface area contributed by atoms with E-state index in [0.29, 0.717) is 0 Å². The van der Waals surface area contributed by atoms with Crippen LogP contribution in [-0.4, -0.2) is 23.5 Å². The summed E-state index contributed by atoms with van der Waals surface area (Å²) in [5, 5.41) is 9.21. The van der Waals surface area contributed by atoms with Crippen molar-refractivity contribution in [1.29, 1.82) is 0 Å². The van der Waals surface area contributed by atoms with Crippen molar-refractivity contribution in [3.8, 4) is 5.75 Å². The minimum absolute atomic E-state index is 0.0317. The van der Waals surface area contributed by atoms with E-state index in [1.807, 2.05) is 0 Å². The molecule has 1 N–H and O–H groups in total. The van der Waals surface area contributed by atoms with Gasteiger partial charge in [0, 0.05) is 0 Å². The number of Topliss-reactive ketones (excluding diaryl/α,β-unsaturated/α-hetero) is 1. The third-order valence-corrected chi connectivity index (χ3v) is 1.94. The SMILES string of the molecule is CCOC(=O)C(=O)c1cc(O)cc(C)c1F. The highest BCUT2D eigenvalue weighted by Gasteiger charge is 2.22. The van der Waals surface area contributed by atoms with E-state index in [2.05, 4.69) is 4.74 Å². The van der Waals surface area contributed by atoms with Crippen LogP contribution in [-0.2, 0) is 9.53 Å². The summed E-state index contributed by atoms with van der Waals surface area (Å²) in [4.78, 5) is 22.5. The molecule has 1 aromatic carbocycles. The van der Waals surface area contributed by atoms with Crippen molar-refractivity contribution in [2.45, 2.75) is 13.8 Å². The van der Waals surface area contributed by atoms with E-state index in [4.69, 9.17) is 0 Å². The number of benzene rings is 1. The molecule has 1 aromatic rings. The lowest BCUT2D eigenvalue weighted by Crippen LogP contribution is -2.19. The highest BCUT2D eigenvalue weighted by molar-refractivity contribution is 6.40. The van der Waals surface area contributed by atoms with Gasteiger partial charge in [-0.05, 0) is 31.5 Å². The molecule has 0 aliphatic carbocycles. The zero-order valence-electron chi connectivity index (χ0n) is 8.91. The quantitative estimate of drug-likeness (QED) is 0.483. The lowest BCUT2D eigenvalue weighted by molar-refractivity contribution is -0.137. The summed E-state index contributed by atoms with van der Waals surface area (Å²) < 4.78 is 17.9. The molecule has 0 saturated carbocycles. The molecule has 0 aliphatic heterocycles. The van der Waals surface area contributed by atoms with Gasteiger partial charge in [-0.2, -0.15) is 0 Å². The second-order valence-corrected chi connectivity index (χ2v) is 3.17. The largest absolute Gasteiger partial charge is 0.508 e. The monoisotopic (exact) mass is 226 g/mol. The molecule has 0 heterocycles. The van der Waals surface area contributed by atoms with Crippen LogP contribution in [0.1, 0.15) is 22.8 Å². The van der Waals surface area contributed by atoms with Crippen molar-refractivity contribution < 1.29 is 23.8 Å². The van der Waals surface area contributed by atoms with Crippen molar-refractivity contribution in [3.05, 3.63) is 29.1 Å². The molecule has 0 atom stereocenters. The lowest BCUT2D eigenvalue weighted by Gasteiger charge is -2.05. The van der Waals surface area contributed by atoms with E-state index in [1.54, 1.807) is 0 Å². The molecular weight excluding hydrogens is 215 g/mol. The molecule has 0 fully saturated rings.